The van der Waals surface area contributed by atoms with Gasteiger partial charge in [-0.2, -0.15) is 0 Å². The van der Waals surface area contributed by atoms with Crippen molar-refractivity contribution >= 4 is 45.0 Å². The van der Waals surface area contributed by atoms with E-state index in [0.29, 0.717) is 29.8 Å². The molecule has 1 amide bonds. The van der Waals surface area contributed by atoms with Crippen molar-refractivity contribution in [2.45, 2.75) is 13.0 Å². The van der Waals surface area contributed by atoms with Gasteiger partial charge < -0.3 is 4.90 Å². The number of benzene rings is 1. The van der Waals surface area contributed by atoms with Crippen LogP contribution in [0.4, 0.5) is 0 Å². The maximum atomic E-state index is 11.7. The fourth-order valence-electron chi connectivity index (χ4n) is 1.97. The summed E-state index contributed by atoms with van der Waals surface area (Å²) in [6.45, 7) is 1.38. The largest absolute Gasteiger partial charge is 0.338 e. The number of carbonyl (C=O) groups is 1. The summed E-state index contributed by atoms with van der Waals surface area (Å²) in [5.41, 5.74) is 1.07. The Balaban J connectivity index is 2.06. The summed E-state index contributed by atoms with van der Waals surface area (Å²) in [6, 6.07) is 5.72. The summed E-state index contributed by atoms with van der Waals surface area (Å²) in [4.78, 5) is 13.6. The summed E-state index contributed by atoms with van der Waals surface area (Å²) in [6.07, 6.45) is 0.568. The average molecular weight is 337 g/mol. The van der Waals surface area contributed by atoms with Crippen LogP contribution in [0.1, 0.15) is 12.0 Å². The average Bonchev–Trinajstić information content (AvgIpc) is 2.65. The molecule has 0 aliphatic carbocycles. The molecule has 2 rings (SSSR count). The van der Waals surface area contributed by atoms with E-state index < -0.39 is 0 Å². The van der Waals surface area contributed by atoms with Gasteiger partial charge in [-0.1, -0.05) is 17.7 Å². The van der Waals surface area contributed by atoms with Crippen LogP contribution in [0, 0.1) is 5.92 Å². The predicted octanol–water partition coefficient (Wildman–Crippen LogP) is 3.69. The summed E-state index contributed by atoms with van der Waals surface area (Å²) in [5.74, 6) is 1.02. The van der Waals surface area contributed by atoms with Crippen LogP contribution < -0.4 is 0 Å². The molecule has 1 fully saturated rings. The lowest BCUT2D eigenvalue weighted by molar-refractivity contribution is -0.128. The molecule has 1 aromatic carbocycles. The van der Waals surface area contributed by atoms with E-state index in [4.69, 9.17) is 23.2 Å². The first-order valence-electron chi connectivity index (χ1n) is 5.38. The third kappa shape index (κ3) is 3.15. The molecule has 0 N–H and O–H groups in total. The highest BCUT2D eigenvalue weighted by Crippen LogP contribution is 2.26. The Kier molecular flexibility index (Phi) is 4.34. The van der Waals surface area contributed by atoms with Crippen molar-refractivity contribution in [2.75, 3.05) is 12.4 Å². The van der Waals surface area contributed by atoms with Crippen molar-refractivity contribution in [3.05, 3.63) is 33.3 Å². The molecule has 1 saturated heterocycles. The zero-order valence-corrected chi connectivity index (χ0v) is 12.2. The van der Waals surface area contributed by atoms with Crippen LogP contribution in [-0.2, 0) is 11.3 Å². The molecule has 1 aliphatic heterocycles. The van der Waals surface area contributed by atoms with E-state index in [2.05, 4.69) is 15.9 Å². The molecule has 2 nitrogen and oxygen atoms in total. The van der Waals surface area contributed by atoms with Crippen LogP contribution in [0.3, 0.4) is 0 Å². The Morgan fingerprint density at radius 3 is 2.82 bits per heavy atom. The van der Waals surface area contributed by atoms with Crippen LogP contribution >= 0.6 is 39.1 Å². The molecule has 5 heteroatoms. The third-order valence-electron chi connectivity index (χ3n) is 2.87. The van der Waals surface area contributed by atoms with Crippen molar-refractivity contribution in [1.29, 1.82) is 0 Å². The highest BCUT2D eigenvalue weighted by Gasteiger charge is 2.28. The fourth-order valence-corrected chi connectivity index (χ4v) is 2.72. The molecule has 1 unspecified atom stereocenters. The molecule has 1 aliphatic rings. The van der Waals surface area contributed by atoms with Gasteiger partial charge >= 0.3 is 0 Å². The molecule has 0 radical (unpaired) electrons. The maximum Gasteiger partial charge on any atom is 0.223 e. The van der Waals surface area contributed by atoms with Crippen LogP contribution in [0.15, 0.2) is 22.7 Å². The van der Waals surface area contributed by atoms with Crippen LogP contribution in [0.25, 0.3) is 0 Å². The second kappa shape index (κ2) is 5.59. The highest BCUT2D eigenvalue weighted by molar-refractivity contribution is 9.10. The van der Waals surface area contributed by atoms with Gasteiger partial charge in [0.1, 0.15) is 0 Å². The van der Waals surface area contributed by atoms with Gasteiger partial charge in [0, 0.05) is 29.9 Å². The summed E-state index contributed by atoms with van der Waals surface area (Å²) in [7, 11) is 0. The van der Waals surface area contributed by atoms with Gasteiger partial charge in [-0.05, 0) is 39.5 Å². The van der Waals surface area contributed by atoms with Crippen LogP contribution in [0.2, 0.25) is 5.02 Å². The van der Waals surface area contributed by atoms with Gasteiger partial charge in [-0.15, -0.1) is 11.6 Å². The highest BCUT2D eigenvalue weighted by atomic mass is 79.9. The predicted molar refractivity (Wildman–Crippen MR) is 73.4 cm³/mol. The lowest BCUT2D eigenvalue weighted by Crippen LogP contribution is -2.24. The Bertz CT molecular complexity index is 439. The smallest absolute Gasteiger partial charge is 0.223 e. The molecule has 92 valence electrons. The minimum Gasteiger partial charge on any atom is -0.338 e. The normalized spacial score (nSPS) is 20.1. The van der Waals surface area contributed by atoms with Crippen molar-refractivity contribution in [1.82, 2.24) is 4.90 Å². The number of hydrogen-bond donors (Lipinski definition) is 0. The number of carbonyl (C=O) groups excluding carboxylic acids is 1. The molecule has 1 heterocycles. The zero-order valence-electron chi connectivity index (χ0n) is 9.13. The van der Waals surface area contributed by atoms with E-state index in [1.54, 1.807) is 0 Å². The quantitative estimate of drug-likeness (QED) is 0.771. The molecule has 17 heavy (non-hydrogen) atoms. The number of amides is 1. The first kappa shape index (κ1) is 13.2. The SMILES string of the molecule is O=C1CC(CCl)CN1Cc1ccc(Cl)c(Br)c1. The van der Waals surface area contributed by atoms with Gasteiger partial charge in [0.15, 0.2) is 0 Å². The second-order valence-electron chi connectivity index (χ2n) is 4.25. The Labute approximate surface area is 119 Å². The van der Waals surface area contributed by atoms with Gasteiger partial charge in [0.2, 0.25) is 5.91 Å². The van der Waals surface area contributed by atoms with Crippen LogP contribution in [0.5, 0.6) is 0 Å². The minimum absolute atomic E-state index is 0.182. The molecule has 1 atom stereocenters. The lowest BCUT2D eigenvalue weighted by Gasteiger charge is -2.16. The van der Waals surface area contributed by atoms with Gasteiger partial charge in [-0.25, -0.2) is 0 Å². The van der Waals surface area contributed by atoms with Gasteiger partial charge in [0.05, 0.1) is 5.02 Å². The van der Waals surface area contributed by atoms with Crippen molar-refractivity contribution in [3.8, 4) is 0 Å². The van der Waals surface area contributed by atoms with E-state index in [1.807, 2.05) is 23.1 Å². The first-order valence-corrected chi connectivity index (χ1v) is 7.08. The standard InChI is InChI=1S/C12H12BrCl2NO/c13-10-3-8(1-2-11(10)15)6-16-7-9(5-14)4-12(16)17/h1-3,9H,4-7H2. The van der Waals surface area contributed by atoms with E-state index in [1.165, 1.54) is 0 Å². The van der Waals surface area contributed by atoms with Gasteiger partial charge in [0.25, 0.3) is 0 Å². The van der Waals surface area contributed by atoms with E-state index in [9.17, 15) is 4.79 Å². The molecular weight excluding hydrogens is 325 g/mol. The maximum absolute atomic E-state index is 11.7. The molecule has 0 bridgehead atoms. The molecule has 0 aromatic heterocycles. The number of likely N-dealkylation sites (tertiary alicyclic amines) is 1. The first-order chi connectivity index (χ1) is 8.10. The number of halogens is 3. The molecule has 0 spiro atoms. The number of hydrogen-bond acceptors (Lipinski definition) is 1. The fraction of sp³-hybridized carbons (Fsp3) is 0.417. The van der Waals surface area contributed by atoms with Crippen molar-refractivity contribution in [3.63, 3.8) is 0 Å². The minimum atomic E-state index is 0.182. The van der Waals surface area contributed by atoms with Crippen molar-refractivity contribution < 1.29 is 4.79 Å². The van der Waals surface area contributed by atoms with E-state index in [0.717, 1.165) is 16.6 Å². The van der Waals surface area contributed by atoms with Gasteiger partial charge in [-0.3, -0.25) is 4.79 Å². The second-order valence-corrected chi connectivity index (χ2v) is 5.82. The number of nitrogens with zero attached hydrogens (tertiary/aromatic N) is 1. The molecule has 0 saturated carbocycles. The van der Waals surface area contributed by atoms with Crippen molar-refractivity contribution in [2.24, 2.45) is 5.92 Å². The van der Waals surface area contributed by atoms with Crippen LogP contribution in [-0.4, -0.2) is 23.2 Å². The topological polar surface area (TPSA) is 20.3 Å². The Morgan fingerprint density at radius 1 is 1.47 bits per heavy atom. The van der Waals surface area contributed by atoms with E-state index in [-0.39, 0.29) is 5.91 Å². The molecular formula is C12H12BrCl2NO. The summed E-state index contributed by atoms with van der Waals surface area (Å²) in [5, 5.41) is 0.681. The van der Waals surface area contributed by atoms with E-state index >= 15 is 0 Å². The zero-order chi connectivity index (χ0) is 12.4. The monoisotopic (exact) mass is 335 g/mol. The number of alkyl halides is 1. The summed E-state index contributed by atoms with van der Waals surface area (Å²) >= 11 is 15.1. The Morgan fingerprint density at radius 2 is 2.24 bits per heavy atom. The lowest BCUT2D eigenvalue weighted by atomic mass is 10.1. The Hall–Kier alpha value is -0.250. The summed E-state index contributed by atoms with van der Waals surface area (Å²) < 4.78 is 0.859. The number of rotatable bonds is 3. The molecule has 1 aromatic rings. The third-order valence-corrected chi connectivity index (χ3v) is 4.52.